The number of carbonyl (C=O) groups is 1. The Morgan fingerprint density at radius 3 is 2.32 bits per heavy atom. The molecule has 0 radical (unpaired) electrons. The number of hydrogen-bond donors (Lipinski definition) is 1. The van der Waals surface area contributed by atoms with Crippen molar-refractivity contribution < 1.29 is 9.53 Å². The third-order valence-corrected chi connectivity index (χ3v) is 3.76. The number of amides is 1. The molecule has 1 amide bonds. The molecule has 0 bridgehead atoms. The zero-order valence-electron chi connectivity index (χ0n) is 12.8. The highest BCUT2D eigenvalue weighted by molar-refractivity contribution is 6.42. The predicted octanol–water partition coefficient (Wildman–Crippen LogP) is 2.42. The van der Waals surface area contributed by atoms with Crippen molar-refractivity contribution in [3.63, 3.8) is 0 Å². The van der Waals surface area contributed by atoms with Gasteiger partial charge in [0.1, 0.15) is 10.6 Å². The van der Waals surface area contributed by atoms with E-state index in [9.17, 15) is 4.79 Å². The van der Waals surface area contributed by atoms with Gasteiger partial charge in [0, 0.05) is 26.2 Å². The zero-order valence-corrected chi connectivity index (χ0v) is 14.3. The number of hydrogen-bond acceptors (Lipinski definition) is 6. The van der Waals surface area contributed by atoms with Gasteiger partial charge >= 0.3 is 6.09 Å². The van der Waals surface area contributed by atoms with E-state index < -0.39 is 5.60 Å². The maximum absolute atomic E-state index is 12.0. The molecule has 0 aliphatic carbocycles. The SMILES string of the molecule is CC(C)(C)OC(=O)N1CCN(c2nc(N)nc(Cl)c2Cl)CC1. The predicted molar refractivity (Wildman–Crippen MR) is 86.5 cm³/mol. The van der Waals surface area contributed by atoms with Crippen LogP contribution in [-0.2, 0) is 4.74 Å². The van der Waals surface area contributed by atoms with Crippen molar-refractivity contribution in [2.45, 2.75) is 26.4 Å². The Morgan fingerprint density at radius 1 is 1.18 bits per heavy atom. The highest BCUT2D eigenvalue weighted by Crippen LogP contribution is 2.30. The third-order valence-electron chi connectivity index (χ3n) is 3.04. The van der Waals surface area contributed by atoms with E-state index in [2.05, 4.69) is 9.97 Å². The molecule has 1 fully saturated rings. The number of nitrogens with zero attached hydrogens (tertiary/aromatic N) is 4. The van der Waals surface area contributed by atoms with E-state index in [1.54, 1.807) is 4.90 Å². The first-order valence-electron chi connectivity index (χ1n) is 6.89. The highest BCUT2D eigenvalue weighted by atomic mass is 35.5. The van der Waals surface area contributed by atoms with Crippen LogP contribution in [0.25, 0.3) is 0 Å². The summed E-state index contributed by atoms with van der Waals surface area (Å²) in [5, 5.41) is 0.389. The molecular weight excluding hydrogens is 329 g/mol. The van der Waals surface area contributed by atoms with E-state index >= 15 is 0 Å². The molecule has 2 rings (SSSR count). The molecule has 0 unspecified atom stereocenters. The Labute approximate surface area is 139 Å². The molecular formula is C13H19Cl2N5O2. The van der Waals surface area contributed by atoms with Crippen LogP contribution in [0.4, 0.5) is 16.6 Å². The molecule has 1 saturated heterocycles. The molecule has 22 heavy (non-hydrogen) atoms. The number of nitrogen functional groups attached to an aromatic ring is 1. The lowest BCUT2D eigenvalue weighted by atomic mass is 10.2. The van der Waals surface area contributed by atoms with Gasteiger partial charge in [0.2, 0.25) is 5.95 Å². The van der Waals surface area contributed by atoms with Crippen molar-refractivity contribution in [3.05, 3.63) is 10.2 Å². The van der Waals surface area contributed by atoms with Crippen molar-refractivity contribution in [2.24, 2.45) is 0 Å². The summed E-state index contributed by atoms with van der Waals surface area (Å²) in [7, 11) is 0. The second-order valence-corrected chi connectivity index (χ2v) is 6.70. The lowest BCUT2D eigenvalue weighted by Gasteiger charge is -2.36. The van der Waals surface area contributed by atoms with Gasteiger partial charge < -0.3 is 20.3 Å². The van der Waals surface area contributed by atoms with Gasteiger partial charge in [0.25, 0.3) is 0 Å². The van der Waals surface area contributed by atoms with Crippen LogP contribution in [0.1, 0.15) is 20.8 Å². The van der Waals surface area contributed by atoms with Gasteiger partial charge in [-0.2, -0.15) is 9.97 Å². The molecule has 9 heteroatoms. The van der Waals surface area contributed by atoms with Gasteiger partial charge in [-0.05, 0) is 20.8 Å². The number of carbonyl (C=O) groups excluding carboxylic acids is 1. The number of rotatable bonds is 1. The topological polar surface area (TPSA) is 84.6 Å². The summed E-state index contributed by atoms with van der Waals surface area (Å²) in [5.41, 5.74) is 5.10. The van der Waals surface area contributed by atoms with Crippen LogP contribution in [-0.4, -0.2) is 52.7 Å². The van der Waals surface area contributed by atoms with E-state index in [1.165, 1.54) is 0 Å². The van der Waals surface area contributed by atoms with Crippen molar-refractivity contribution in [3.8, 4) is 0 Å². The Kier molecular flexibility index (Phi) is 4.87. The largest absolute Gasteiger partial charge is 0.444 e. The van der Waals surface area contributed by atoms with Crippen LogP contribution < -0.4 is 10.6 Å². The first-order valence-corrected chi connectivity index (χ1v) is 7.64. The second-order valence-electron chi connectivity index (χ2n) is 5.96. The van der Waals surface area contributed by atoms with E-state index in [0.29, 0.717) is 32.0 Å². The van der Waals surface area contributed by atoms with Gasteiger partial charge in [-0.15, -0.1) is 0 Å². The molecule has 0 atom stereocenters. The van der Waals surface area contributed by atoms with Gasteiger partial charge in [-0.1, -0.05) is 23.2 Å². The molecule has 7 nitrogen and oxygen atoms in total. The first-order chi connectivity index (χ1) is 10.2. The van der Waals surface area contributed by atoms with Crippen molar-refractivity contribution in [2.75, 3.05) is 36.8 Å². The van der Waals surface area contributed by atoms with E-state index in [4.69, 9.17) is 33.7 Å². The fourth-order valence-corrected chi connectivity index (χ4v) is 2.44. The van der Waals surface area contributed by atoms with Crippen molar-refractivity contribution >= 4 is 41.1 Å². The van der Waals surface area contributed by atoms with Crippen LogP contribution in [0, 0.1) is 0 Å². The smallest absolute Gasteiger partial charge is 0.410 e. The van der Waals surface area contributed by atoms with Gasteiger partial charge in [-0.25, -0.2) is 4.79 Å². The monoisotopic (exact) mass is 347 g/mol. The minimum Gasteiger partial charge on any atom is -0.444 e. The lowest BCUT2D eigenvalue weighted by Crippen LogP contribution is -2.50. The number of ether oxygens (including phenoxy) is 1. The van der Waals surface area contributed by atoms with Crippen LogP contribution in [0.15, 0.2) is 0 Å². The third kappa shape index (κ3) is 4.04. The summed E-state index contributed by atoms with van der Waals surface area (Å²) < 4.78 is 5.36. The number of aromatic nitrogens is 2. The summed E-state index contributed by atoms with van der Waals surface area (Å²) in [6.07, 6.45) is -0.321. The van der Waals surface area contributed by atoms with Crippen molar-refractivity contribution in [1.29, 1.82) is 0 Å². The van der Waals surface area contributed by atoms with Crippen LogP contribution in [0.2, 0.25) is 10.2 Å². The Hall–Kier alpha value is -1.47. The van der Waals surface area contributed by atoms with Gasteiger partial charge in [0.05, 0.1) is 0 Å². The van der Waals surface area contributed by atoms with Gasteiger partial charge in [-0.3, -0.25) is 0 Å². The fourth-order valence-electron chi connectivity index (χ4n) is 2.06. The standard InChI is InChI=1S/C13H19Cl2N5O2/c1-13(2,3)22-12(21)20-6-4-19(5-7-20)10-8(14)9(15)17-11(16)18-10/h4-7H2,1-3H3,(H2,16,17,18). The summed E-state index contributed by atoms with van der Waals surface area (Å²) in [6.45, 7) is 7.66. The normalized spacial score (nSPS) is 15.9. The molecule has 122 valence electrons. The maximum Gasteiger partial charge on any atom is 0.410 e. The summed E-state index contributed by atoms with van der Waals surface area (Å²) in [5.74, 6) is 0.557. The van der Waals surface area contributed by atoms with E-state index in [0.717, 1.165) is 0 Å². The quantitative estimate of drug-likeness (QED) is 0.785. The molecule has 1 aliphatic rings. The molecule has 2 heterocycles. The molecule has 1 aliphatic heterocycles. The Bertz CT molecular complexity index is 568. The number of anilines is 2. The minimum atomic E-state index is -0.508. The van der Waals surface area contributed by atoms with Gasteiger partial charge in [0.15, 0.2) is 11.0 Å². The van der Waals surface area contributed by atoms with Crippen LogP contribution >= 0.6 is 23.2 Å². The first kappa shape index (κ1) is 16.9. The second kappa shape index (κ2) is 6.34. The maximum atomic E-state index is 12.0. The van der Waals surface area contributed by atoms with E-state index in [-0.39, 0.29) is 22.2 Å². The molecule has 0 spiro atoms. The number of nitrogens with two attached hydrogens (primary N) is 1. The van der Waals surface area contributed by atoms with Crippen molar-refractivity contribution in [1.82, 2.24) is 14.9 Å². The Morgan fingerprint density at radius 2 is 1.77 bits per heavy atom. The average molecular weight is 348 g/mol. The highest BCUT2D eigenvalue weighted by Gasteiger charge is 2.27. The lowest BCUT2D eigenvalue weighted by molar-refractivity contribution is 0.0240. The zero-order chi connectivity index (χ0) is 16.5. The number of piperazine rings is 1. The minimum absolute atomic E-state index is 0.0685. The average Bonchev–Trinajstić information content (AvgIpc) is 2.41. The Balaban J connectivity index is 2.02. The molecule has 1 aromatic rings. The van der Waals surface area contributed by atoms with Crippen LogP contribution in [0.5, 0.6) is 0 Å². The summed E-state index contributed by atoms with van der Waals surface area (Å²) >= 11 is 12.0. The van der Waals surface area contributed by atoms with E-state index in [1.807, 2.05) is 25.7 Å². The summed E-state index contributed by atoms with van der Waals surface area (Å²) in [6, 6.07) is 0. The fraction of sp³-hybridized carbons (Fsp3) is 0.615. The summed E-state index contributed by atoms with van der Waals surface area (Å²) in [4.78, 5) is 23.5. The number of halogens is 2. The molecule has 0 saturated carbocycles. The van der Waals surface area contributed by atoms with Crippen LogP contribution in [0.3, 0.4) is 0 Å². The molecule has 1 aromatic heterocycles. The molecule has 2 N–H and O–H groups in total. The molecule has 0 aromatic carbocycles.